The molecular formula is C16H24ClIN2O. The van der Waals surface area contributed by atoms with Gasteiger partial charge in [0.2, 0.25) is 0 Å². The molecule has 0 spiro atoms. The van der Waals surface area contributed by atoms with E-state index in [2.05, 4.69) is 41.3 Å². The van der Waals surface area contributed by atoms with E-state index in [1.165, 1.54) is 0 Å². The molecule has 0 saturated carbocycles. The second-order valence-corrected chi connectivity index (χ2v) is 6.49. The van der Waals surface area contributed by atoms with E-state index in [-0.39, 0.29) is 5.91 Å². The Labute approximate surface area is 146 Å². The number of hydrogen-bond acceptors (Lipinski definition) is 2. The van der Waals surface area contributed by atoms with Crippen LogP contribution >= 0.6 is 34.2 Å². The normalized spacial score (nSPS) is 11.0. The first-order chi connectivity index (χ1) is 10.0. The van der Waals surface area contributed by atoms with E-state index in [1.54, 1.807) is 6.07 Å². The van der Waals surface area contributed by atoms with Crippen molar-refractivity contribution in [3.8, 4) is 0 Å². The Kier molecular flexibility index (Phi) is 8.59. The molecule has 21 heavy (non-hydrogen) atoms. The minimum absolute atomic E-state index is 0.0731. The predicted octanol–water partition coefficient (Wildman–Crippen LogP) is 4.14. The van der Waals surface area contributed by atoms with Crippen molar-refractivity contribution in [2.24, 2.45) is 0 Å². The van der Waals surface area contributed by atoms with Crippen LogP contribution < -0.4 is 0 Å². The fourth-order valence-electron chi connectivity index (χ4n) is 2.26. The van der Waals surface area contributed by atoms with Crippen LogP contribution in [-0.2, 0) is 0 Å². The van der Waals surface area contributed by atoms with Crippen LogP contribution in [0.3, 0.4) is 0 Å². The summed E-state index contributed by atoms with van der Waals surface area (Å²) in [5.74, 6) is 0.0731. The van der Waals surface area contributed by atoms with Crippen molar-refractivity contribution in [2.75, 3.05) is 32.7 Å². The third-order valence-electron chi connectivity index (χ3n) is 3.62. The van der Waals surface area contributed by atoms with E-state index < -0.39 is 0 Å². The molecule has 1 amide bonds. The maximum absolute atomic E-state index is 12.6. The SMILES string of the molecule is CCN(CC)CCCN(CC)C(=O)c1cc(Cl)ccc1I. The lowest BCUT2D eigenvalue weighted by molar-refractivity contribution is 0.0756. The van der Waals surface area contributed by atoms with Crippen LogP contribution in [0.15, 0.2) is 18.2 Å². The van der Waals surface area contributed by atoms with Gasteiger partial charge in [0.15, 0.2) is 0 Å². The Balaban J connectivity index is 2.67. The Morgan fingerprint density at radius 2 is 1.81 bits per heavy atom. The standard InChI is InChI=1S/C16H24ClIN2O/c1-4-19(5-2)10-7-11-20(6-3)16(21)14-12-13(17)8-9-15(14)18/h8-9,12H,4-7,10-11H2,1-3H3. The first-order valence-corrected chi connectivity index (χ1v) is 8.95. The molecule has 0 N–H and O–H groups in total. The van der Waals surface area contributed by atoms with Crippen molar-refractivity contribution in [2.45, 2.75) is 27.2 Å². The van der Waals surface area contributed by atoms with Crippen LogP contribution in [0.2, 0.25) is 5.02 Å². The van der Waals surface area contributed by atoms with Gasteiger partial charge in [-0.3, -0.25) is 4.79 Å². The topological polar surface area (TPSA) is 23.6 Å². The lowest BCUT2D eigenvalue weighted by atomic mass is 10.2. The molecule has 0 heterocycles. The number of carbonyl (C=O) groups excluding carboxylic acids is 1. The monoisotopic (exact) mass is 422 g/mol. The van der Waals surface area contributed by atoms with Gasteiger partial charge in [-0.1, -0.05) is 25.4 Å². The lowest BCUT2D eigenvalue weighted by Crippen LogP contribution is -2.34. The van der Waals surface area contributed by atoms with Crippen LogP contribution in [0.25, 0.3) is 0 Å². The highest BCUT2D eigenvalue weighted by atomic mass is 127. The average Bonchev–Trinajstić information content (AvgIpc) is 2.49. The fourth-order valence-corrected chi connectivity index (χ4v) is 3.00. The summed E-state index contributed by atoms with van der Waals surface area (Å²) < 4.78 is 0.948. The number of benzene rings is 1. The lowest BCUT2D eigenvalue weighted by Gasteiger charge is -2.24. The molecule has 0 aromatic heterocycles. The summed E-state index contributed by atoms with van der Waals surface area (Å²) >= 11 is 8.20. The molecule has 0 fully saturated rings. The molecule has 5 heteroatoms. The van der Waals surface area contributed by atoms with Crippen LogP contribution in [0.5, 0.6) is 0 Å². The van der Waals surface area contributed by atoms with Gasteiger partial charge < -0.3 is 9.80 Å². The molecule has 0 aliphatic carbocycles. The molecule has 3 nitrogen and oxygen atoms in total. The molecule has 0 aliphatic heterocycles. The maximum Gasteiger partial charge on any atom is 0.254 e. The van der Waals surface area contributed by atoms with Gasteiger partial charge >= 0.3 is 0 Å². The third kappa shape index (κ3) is 5.75. The number of hydrogen-bond donors (Lipinski definition) is 0. The smallest absolute Gasteiger partial charge is 0.254 e. The molecule has 0 atom stereocenters. The van der Waals surface area contributed by atoms with Crippen molar-refractivity contribution < 1.29 is 4.79 Å². The largest absolute Gasteiger partial charge is 0.339 e. The summed E-state index contributed by atoms with van der Waals surface area (Å²) in [5.41, 5.74) is 0.702. The highest BCUT2D eigenvalue weighted by Crippen LogP contribution is 2.19. The second kappa shape index (κ2) is 9.64. The summed E-state index contributed by atoms with van der Waals surface area (Å²) in [6.45, 7) is 11.0. The summed E-state index contributed by atoms with van der Waals surface area (Å²) in [6.07, 6.45) is 0.998. The number of halogens is 2. The van der Waals surface area contributed by atoms with Crippen LogP contribution in [0, 0.1) is 3.57 Å². The summed E-state index contributed by atoms with van der Waals surface area (Å²) in [4.78, 5) is 16.9. The molecule has 0 radical (unpaired) electrons. The molecule has 0 aliphatic rings. The summed E-state index contributed by atoms with van der Waals surface area (Å²) in [7, 11) is 0. The van der Waals surface area contributed by atoms with Crippen molar-refractivity contribution in [3.05, 3.63) is 32.4 Å². The van der Waals surface area contributed by atoms with E-state index >= 15 is 0 Å². The Morgan fingerprint density at radius 1 is 1.14 bits per heavy atom. The number of rotatable bonds is 8. The van der Waals surface area contributed by atoms with Gasteiger partial charge in [-0.25, -0.2) is 0 Å². The summed E-state index contributed by atoms with van der Waals surface area (Å²) in [5, 5.41) is 0.609. The van der Waals surface area contributed by atoms with E-state index in [9.17, 15) is 4.79 Å². The molecule has 1 aromatic rings. The highest BCUT2D eigenvalue weighted by molar-refractivity contribution is 14.1. The molecule has 118 valence electrons. The molecule has 0 bridgehead atoms. The van der Waals surface area contributed by atoms with Gasteiger partial charge in [0, 0.05) is 21.7 Å². The average molecular weight is 423 g/mol. The highest BCUT2D eigenvalue weighted by Gasteiger charge is 2.17. The first-order valence-electron chi connectivity index (χ1n) is 7.50. The predicted molar refractivity (Wildman–Crippen MR) is 98.2 cm³/mol. The third-order valence-corrected chi connectivity index (χ3v) is 4.80. The van der Waals surface area contributed by atoms with E-state index in [1.807, 2.05) is 24.0 Å². The zero-order chi connectivity index (χ0) is 15.8. The maximum atomic E-state index is 12.6. The van der Waals surface area contributed by atoms with E-state index in [4.69, 9.17) is 11.6 Å². The zero-order valence-corrected chi connectivity index (χ0v) is 15.9. The minimum atomic E-state index is 0.0731. The van der Waals surface area contributed by atoms with Gasteiger partial charge in [-0.2, -0.15) is 0 Å². The van der Waals surface area contributed by atoms with Gasteiger partial charge in [0.1, 0.15) is 0 Å². The zero-order valence-electron chi connectivity index (χ0n) is 13.0. The quantitative estimate of drug-likeness (QED) is 0.588. The van der Waals surface area contributed by atoms with Crippen molar-refractivity contribution in [1.29, 1.82) is 0 Å². The van der Waals surface area contributed by atoms with Crippen molar-refractivity contribution in [1.82, 2.24) is 9.80 Å². The Hall–Kier alpha value is -0.330. The molecular weight excluding hydrogens is 399 g/mol. The van der Waals surface area contributed by atoms with Crippen molar-refractivity contribution in [3.63, 3.8) is 0 Å². The van der Waals surface area contributed by atoms with Crippen LogP contribution in [0.1, 0.15) is 37.6 Å². The minimum Gasteiger partial charge on any atom is -0.339 e. The number of nitrogens with zero attached hydrogens (tertiary/aromatic N) is 2. The number of carbonyl (C=O) groups is 1. The van der Waals surface area contributed by atoms with Gasteiger partial charge in [-0.05, 0) is 73.8 Å². The fraction of sp³-hybridized carbons (Fsp3) is 0.562. The molecule has 0 saturated heterocycles. The molecule has 1 rings (SSSR count). The van der Waals surface area contributed by atoms with Crippen LogP contribution in [-0.4, -0.2) is 48.4 Å². The van der Waals surface area contributed by atoms with Gasteiger partial charge in [0.25, 0.3) is 5.91 Å². The van der Waals surface area contributed by atoms with Crippen LogP contribution in [0.4, 0.5) is 0 Å². The summed E-state index contributed by atoms with van der Waals surface area (Å²) in [6, 6.07) is 5.47. The molecule has 1 aromatic carbocycles. The van der Waals surface area contributed by atoms with Gasteiger partial charge in [-0.15, -0.1) is 0 Å². The van der Waals surface area contributed by atoms with Gasteiger partial charge in [0.05, 0.1) is 5.56 Å². The van der Waals surface area contributed by atoms with Crippen molar-refractivity contribution >= 4 is 40.1 Å². The Morgan fingerprint density at radius 3 is 2.38 bits per heavy atom. The second-order valence-electron chi connectivity index (χ2n) is 4.89. The van der Waals surface area contributed by atoms with E-state index in [0.717, 1.165) is 42.7 Å². The number of amides is 1. The Bertz CT molecular complexity index is 464. The first kappa shape index (κ1) is 18.7. The van der Waals surface area contributed by atoms with E-state index in [0.29, 0.717) is 10.6 Å². The molecule has 0 unspecified atom stereocenters.